The first kappa shape index (κ1) is 16.2. The maximum absolute atomic E-state index is 4.11. The summed E-state index contributed by atoms with van der Waals surface area (Å²) in [6.45, 7) is 11.7. The van der Waals surface area contributed by atoms with Gasteiger partial charge in [-0.15, -0.1) is 0 Å². The third kappa shape index (κ3) is 6.04. The Kier molecular flexibility index (Phi) is 9.28. The van der Waals surface area contributed by atoms with E-state index in [1.165, 1.54) is 11.1 Å². The highest BCUT2D eigenvalue weighted by Crippen LogP contribution is 2.08. The first-order valence-corrected chi connectivity index (χ1v) is 6.57. The van der Waals surface area contributed by atoms with Gasteiger partial charge in [-0.1, -0.05) is 64.6 Å². The number of rotatable bonds is 2. The highest BCUT2D eigenvalue weighted by atomic mass is 15.0. The molecule has 1 aromatic rings. The van der Waals surface area contributed by atoms with Crippen LogP contribution < -0.4 is 5.32 Å². The van der Waals surface area contributed by atoms with Crippen molar-refractivity contribution < 1.29 is 0 Å². The topological polar surface area (TPSA) is 24.4 Å². The Hall–Kier alpha value is -1.83. The summed E-state index contributed by atoms with van der Waals surface area (Å²) in [5.41, 5.74) is 2.46. The number of nitrogens with one attached hydrogen (secondary N) is 1. The molecule has 2 nitrogen and oxygen atoms in total. The second kappa shape index (κ2) is 10.3. The molecule has 0 radical (unpaired) electrons. The van der Waals surface area contributed by atoms with E-state index >= 15 is 0 Å². The van der Waals surface area contributed by atoms with Crippen molar-refractivity contribution in [2.45, 2.75) is 34.1 Å². The normalized spacial score (nSPS) is 12.2. The lowest BCUT2D eigenvalue weighted by Crippen LogP contribution is -2.10. The molecule has 0 amide bonds. The third-order valence-electron chi connectivity index (χ3n) is 2.06. The van der Waals surface area contributed by atoms with Crippen LogP contribution in [-0.4, -0.2) is 6.21 Å². The molecule has 0 saturated heterocycles. The van der Waals surface area contributed by atoms with Gasteiger partial charge in [0.1, 0.15) is 5.82 Å². The molecule has 2 heteroatoms. The van der Waals surface area contributed by atoms with Gasteiger partial charge in [-0.25, -0.2) is 4.99 Å². The van der Waals surface area contributed by atoms with Crippen molar-refractivity contribution in [3.05, 3.63) is 60.1 Å². The lowest BCUT2D eigenvalue weighted by molar-refractivity contribution is 0.996. The van der Waals surface area contributed by atoms with Gasteiger partial charge in [-0.2, -0.15) is 0 Å². The van der Waals surface area contributed by atoms with E-state index in [1.807, 2.05) is 58.3 Å². The molecule has 1 aliphatic heterocycles. The maximum atomic E-state index is 4.11. The quantitative estimate of drug-likeness (QED) is 0.823. The van der Waals surface area contributed by atoms with E-state index in [2.05, 4.69) is 29.0 Å². The Bertz CT molecular complexity index is 389. The zero-order chi connectivity index (χ0) is 13.8. The standard InChI is InChI=1S/C12H12N2.2C2H6/c1-10-13-8-12(9-14-10)7-11-5-3-2-4-6-11;2*1-2/h2-6,8-9,13H,1,7H2;2*1-2H3. The average Bonchev–Trinajstić information content (AvgIpc) is 2.47. The Morgan fingerprint density at radius 1 is 1.06 bits per heavy atom. The monoisotopic (exact) mass is 244 g/mol. The zero-order valence-corrected chi connectivity index (χ0v) is 11.9. The lowest BCUT2D eigenvalue weighted by atomic mass is 10.1. The molecule has 0 saturated carbocycles. The highest BCUT2D eigenvalue weighted by molar-refractivity contribution is 5.81. The average molecular weight is 244 g/mol. The van der Waals surface area contributed by atoms with E-state index < -0.39 is 0 Å². The minimum atomic E-state index is 0.696. The fourth-order valence-corrected chi connectivity index (χ4v) is 1.34. The number of nitrogens with zero attached hydrogens (tertiary/aromatic N) is 1. The van der Waals surface area contributed by atoms with Crippen molar-refractivity contribution in [3.63, 3.8) is 0 Å². The van der Waals surface area contributed by atoms with Gasteiger partial charge in [0.2, 0.25) is 0 Å². The van der Waals surface area contributed by atoms with Crippen molar-refractivity contribution in [2.24, 2.45) is 4.99 Å². The number of benzene rings is 1. The van der Waals surface area contributed by atoms with Gasteiger partial charge in [0, 0.05) is 18.8 Å². The predicted octanol–water partition coefficient (Wildman–Crippen LogP) is 4.31. The van der Waals surface area contributed by atoms with Crippen LogP contribution in [0.1, 0.15) is 33.3 Å². The molecule has 0 atom stereocenters. The fourth-order valence-electron chi connectivity index (χ4n) is 1.34. The van der Waals surface area contributed by atoms with Gasteiger partial charge in [-0.05, 0) is 11.1 Å². The molecule has 1 N–H and O–H groups in total. The van der Waals surface area contributed by atoms with Gasteiger partial charge in [0.05, 0.1) is 0 Å². The summed E-state index contributed by atoms with van der Waals surface area (Å²) in [6.07, 6.45) is 4.71. The van der Waals surface area contributed by atoms with E-state index in [9.17, 15) is 0 Å². The summed E-state index contributed by atoms with van der Waals surface area (Å²) >= 11 is 0. The Balaban J connectivity index is 0.000000659. The van der Waals surface area contributed by atoms with Gasteiger partial charge < -0.3 is 5.32 Å². The molecule has 0 spiro atoms. The van der Waals surface area contributed by atoms with Crippen LogP contribution in [0.3, 0.4) is 0 Å². The number of hydrogen-bond donors (Lipinski definition) is 1. The van der Waals surface area contributed by atoms with Gasteiger partial charge >= 0.3 is 0 Å². The van der Waals surface area contributed by atoms with Crippen LogP contribution in [-0.2, 0) is 6.42 Å². The number of aliphatic imine (C=N–C) groups is 1. The minimum absolute atomic E-state index is 0.696. The van der Waals surface area contributed by atoms with Crippen LogP contribution in [0.5, 0.6) is 0 Å². The van der Waals surface area contributed by atoms with Crippen molar-refractivity contribution in [1.82, 2.24) is 5.32 Å². The highest BCUT2D eigenvalue weighted by Gasteiger charge is 2.00. The molecule has 0 aromatic heterocycles. The molecule has 18 heavy (non-hydrogen) atoms. The Morgan fingerprint density at radius 3 is 2.17 bits per heavy atom. The van der Waals surface area contributed by atoms with E-state index in [4.69, 9.17) is 0 Å². The van der Waals surface area contributed by atoms with Crippen molar-refractivity contribution in [3.8, 4) is 0 Å². The number of hydrogen-bond acceptors (Lipinski definition) is 2. The summed E-state index contributed by atoms with van der Waals surface area (Å²) in [5.74, 6) is 0.696. The second-order valence-corrected chi connectivity index (χ2v) is 3.23. The summed E-state index contributed by atoms with van der Waals surface area (Å²) in [5, 5.41) is 3.00. The van der Waals surface area contributed by atoms with Crippen molar-refractivity contribution in [2.75, 3.05) is 0 Å². The van der Waals surface area contributed by atoms with E-state index in [0.29, 0.717) is 5.82 Å². The van der Waals surface area contributed by atoms with E-state index in [0.717, 1.165) is 6.42 Å². The summed E-state index contributed by atoms with van der Waals surface area (Å²) in [6, 6.07) is 10.3. The van der Waals surface area contributed by atoms with Crippen molar-refractivity contribution in [1.29, 1.82) is 0 Å². The van der Waals surface area contributed by atoms with Crippen LogP contribution in [0.2, 0.25) is 0 Å². The predicted molar refractivity (Wildman–Crippen MR) is 81.7 cm³/mol. The Labute approximate surface area is 111 Å². The minimum Gasteiger partial charge on any atom is -0.347 e. The molecule has 0 aliphatic carbocycles. The van der Waals surface area contributed by atoms with E-state index in [1.54, 1.807) is 0 Å². The second-order valence-electron chi connectivity index (χ2n) is 3.23. The first-order chi connectivity index (χ1) is 8.84. The Morgan fingerprint density at radius 2 is 1.67 bits per heavy atom. The third-order valence-corrected chi connectivity index (χ3v) is 2.06. The van der Waals surface area contributed by atoms with Crippen LogP contribution in [0.4, 0.5) is 0 Å². The van der Waals surface area contributed by atoms with Crippen LogP contribution in [0.25, 0.3) is 0 Å². The van der Waals surface area contributed by atoms with Crippen LogP contribution in [0, 0.1) is 0 Å². The first-order valence-electron chi connectivity index (χ1n) is 6.57. The summed E-state index contributed by atoms with van der Waals surface area (Å²) < 4.78 is 0. The van der Waals surface area contributed by atoms with Gasteiger partial charge in [0.25, 0.3) is 0 Å². The summed E-state index contributed by atoms with van der Waals surface area (Å²) in [4.78, 5) is 4.11. The smallest absolute Gasteiger partial charge is 0.122 e. The maximum Gasteiger partial charge on any atom is 0.122 e. The molecule has 1 aliphatic rings. The van der Waals surface area contributed by atoms with Crippen LogP contribution >= 0.6 is 0 Å². The molecular formula is C16H24N2. The summed E-state index contributed by atoms with van der Waals surface area (Å²) in [7, 11) is 0. The van der Waals surface area contributed by atoms with Gasteiger partial charge in [0.15, 0.2) is 0 Å². The molecule has 0 fully saturated rings. The van der Waals surface area contributed by atoms with E-state index in [-0.39, 0.29) is 0 Å². The molecule has 0 unspecified atom stereocenters. The lowest BCUT2D eigenvalue weighted by Gasteiger charge is -2.09. The van der Waals surface area contributed by atoms with Crippen molar-refractivity contribution >= 4 is 6.21 Å². The molecule has 0 bridgehead atoms. The largest absolute Gasteiger partial charge is 0.347 e. The SMILES string of the molecule is C=C1N=CC(Cc2ccccc2)=CN1.CC.CC. The zero-order valence-electron chi connectivity index (χ0n) is 11.9. The molecule has 2 rings (SSSR count). The number of allylic oxidation sites excluding steroid dienone is 1. The van der Waals surface area contributed by atoms with Crippen LogP contribution in [0.15, 0.2) is 59.5 Å². The molecule has 1 aromatic carbocycles. The van der Waals surface area contributed by atoms with Gasteiger partial charge in [-0.3, -0.25) is 0 Å². The molecular weight excluding hydrogens is 220 g/mol. The fraction of sp³-hybridized carbons (Fsp3) is 0.312. The molecule has 1 heterocycles. The molecule has 98 valence electrons.